The van der Waals surface area contributed by atoms with E-state index in [4.69, 9.17) is 0 Å². The van der Waals surface area contributed by atoms with E-state index in [1.165, 1.54) is 6.07 Å². The molecule has 2 amide bonds. The number of carbonyl (C=O) groups is 2. The van der Waals surface area contributed by atoms with Crippen LogP contribution in [0.1, 0.15) is 32.3 Å². The van der Waals surface area contributed by atoms with Gasteiger partial charge in [0.1, 0.15) is 5.82 Å². The minimum absolute atomic E-state index is 0.157. The first-order valence-corrected chi connectivity index (χ1v) is 8.51. The summed E-state index contributed by atoms with van der Waals surface area (Å²) in [6.07, 6.45) is 1.36. The van der Waals surface area contributed by atoms with Gasteiger partial charge in [-0.15, -0.1) is 0 Å². The van der Waals surface area contributed by atoms with Gasteiger partial charge in [-0.2, -0.15) is 0 Å². The number of aryl methyl sites for hydroxylation is 1. The first kappa shape index (κ1) is 18.4. The summed E-state index contributed by atoms with van der Waals surface area (Å²) in [7, 11) is 0. The third kappa shape index (κ3) is 4.54. The van der Waals surface area contributed by atoms with Crippen LogP contribution >= 0.6 is 0 Å². The maximum absolute atomic E-state index is 13.6. The first-order valence-electron chi connectivity index (χ1n) is 8.51. The van der Waals surface area contributed by atoms with Crippen molar-refractivity contribution in [3.8, 4) is 0 Å². The van der Waals surface area contributed by atoms with E-state index in [1.807, 2.05) is 18.7 Å². The van der Waals surface area contributed by atoms with Crippen molar-refractivity contribution in [2.24, 2.45) is 0 Å². The number of rotatable bonds is 4. The summed E-state index contributed by atoms with van der Waals surface area (Å²) < 4.78 is 13.6. The van der Waals surface area contributed by atoms with E-state index in [-0.39, 0.29) is 23.7 Å². The van der Waals surface area contributed by atoms with Crippen molar-refractivity contribution < 1.29 is 14.0 Å². The zero-order valence-electron chi connectivity index (χ0n) is 14.6. The van der Waals surface area contributed by atoms with Crippen molar-refractivity contribution in [1.29, 1.82) is 0 Å². The number of nitrogens with zero attached hydrogens (tertiary/aromatic N) is 2. The Balaban J connectivity index is 1.94. The SMILES string of the molecule is CCC(=O)N1CCCN(C(C)C(=O)Nc2ccc(C)c(F)c2)CC1. The smallest absolute Gasteiger partial charge is 0.241 e. The molecule has 5 nitrogen and oxygen atoms in total. The van der Waals surface area contributed by atoms with E-state index in [0.29, 0.717) is 30.8 Å². The summed E-state index contributed by atoms with van der Waals surface area (Å²) in [6, 6.07) is 4.36. The van der Waals surface area contributed by atoms with Crippen molar-refractivity contribution in [2.75, 3.05) is 31.5 Å². The highest BCUT2D eigenvalue weighted by Gasteiger charge is 2.25. The average molecular weight is 335 g/mol. The molecule has 24 heavy (non-hydrogen) atoms. The predicted octanol–water partition coefficient (Wildman–Crippen LogP) is 2.41. The molecule has 0 radical (unpaired) electrons. The summed E-state index contributed by atoms with van der Waals surface area (Å²) in [5.74, 6) is -0.332. The van der Waals surface area contributed by atoms with E-state index in [2.05, 4.69) is 10.2 Å². The van der Waals surface area contributed by atoms with Gasteiger partial charge in [0.15, 0.2) is 0 Å². The molecule has 1 aliphatic rings. The molecule has 132 valence electrons. The van der Waals surface area contributed by atoms with E-state index < -0.39 is 0 Å². The Morgan fingerprint density at radius 2 is 2.00 bits per heavy atom. The third-order valence-electron chi connectivity index (χ3n) is 4.55. The highest BCUT2D eigenvalue weighted by Crippen LogP contribution is 2.15. The standard InChI is InChI=1S/C18H26FN3O2/c1-4-17(23)22-9-5-8-21(10-11-22)14(3)18(24)20-15-7-6-13(2)16(19)12-15/h6-7,12,14H,4-5,8-11H2,1-3H3,(H,20,24). The summed E-state index contributed by atoms with van der Waals surface area (Å²) >= 11 is 0. The van der Waals surface area contributed by atoms with Gasteiger partial charge in [-0.1, -0.05) is 13.0 Å². The highest BCUT2D eigenvalue weighted by molar-refractivity contribution is 5.94. The van der Waals surface area contributed by atoms with Gasteiger partial charge in [0.2, 0.25) is 11.8 Å². The summed E-state index contributed by atoms with van der Waals surface area (Å²) in [4.78, 5) is 28.2. The molecule has 0 saturated carbocycles. The number of amides is 2. The topological polar surface area (TPSA) is 52.7 Å². The van der Waals surface area contributed by atoms with E-state index in [0.717, 1.165) is 19.5 Å². The minimum atomic E-state index is -0.330. The number of hydrogen-bond acceptors (Lipinski definition) is 3. The molecular formula is C18H26FN3O2. The van der Waals surface area contributed by atoms with Gasteiger partial charge in [-0.3, -0.25) is 14.5 Å². The summed E-state index contributed by atoms with van der Waals surface area (Å²) in [5, 5.41) is 2.77. The van der Waals surface area contributed by atoms with Crippen LogP contribution in [0.2, 0.25) is 0 Å². The maximum Gasteiger partial charge on any atom is 0.241 e. The number of benzene rings is 1. The summed E-state index contributed by atoms with van der Waals surface area (Å²) in [5.41, 5.74) is 1.02. The monoisotopic (exact) mass is 335 g/mol. The van der Waals surface area contributed by atoms with Crippen molar-refractivity contribution in [3.63, 3.8) is 0 Å². The number of carbonyl (C=O) groups excluding carboxylic acids is 2. The Bertz CT molecular complexity index is 606. The molecule has 0 bridgehead atoms. The molecule has 0 aromatic heterocycles. The van der Waals surface area contributed by atoms with Crippen molar-refractivity contribution >= 4 is 17.5 Å². The lowest BCUT2D eigenvalue weighted by molar-refractivity contribution is -0.130. The molecule has 2 rings (SSSR count). The highest BCUT2D eigenvalue weighted by atomic mass is 19.1. The molecule has 1 heterocycles. The van der Waals surface area contributed by atoms with Crippen LogP contribution in [-0.4, -0.2) is 53.8 Å². The number of anilines is 1. The van der Waals surface area contributed by atoms with Gasteiger partial charge >= 0.3 is 0 Å². The van der Waals surface area contributed by atoms with Crippen LogP contribution in [0.5, 0.6) is 0 Å². The van der Waals surface area contributed by atoms with E-state index >= 15 is 0 Å². The van der Waals surface area contributed by atoms with Crippen LogP contribution in [0.15, 0.2) is 18.2 Å². The minimum Gasteiger partial charge on any atom is -0.341 e. The molecule has 1 saturated heterocycles. The number of hydrogen-bond donors (Lipinski definition) is 1. The van der Waals surface area contributed by atoms with Gasteiger partial charge in [-0.05, 0) is 38.0 Å². The summed E-state index contributed by atoms with van der Waals surface area (Å²) in [6.45, 7) is 8.21. The fourth-order valence-electron chi connectivity index (χ4n) is 2.88. The normalized spacial score (nSPS) is 17.2. The molecular weight excluding hydrogens is 309 g/mol. The Labute approximate surface area is 142 Å². The lowest BCUT2D eigenvalue weighted by atomic mass is 10.2. The Hall–Kier alpha value is -1.95. The Morgan fingerprint density at radius 3 is 2.67 bits per heavy atom. The molecule has 1 aliphatic heterocycles. The second kappa shape index (κ2) is 8.24. The zero-order valence-corrected chi connectivity index (χ0v) is 14.6. The van der Waals surface area contributed by atoms with Gasteiger partial charge in [0.05, 0.1) is 6.04 Å². The van der Waals surface area contributed by atoms with Crippen molar-refractivity contribution in [2.45, 2.75) is 39.7 Å². The fraction of sp³-hybridized carbons (Fsp3) is 0.556. The third-order valence-corrected chi connectivity index (χ3v) is 4.55. The number of halogens is 1. The number of nitrogens with one attached hydrogen (secondary N) is 1. The second-order valence-electron chi connectivity index (χ2n) is 6.25. The molecule has 1 aromatic rings. The molecule has 1 fully saturated rings. The van der Waals surface area contributed by atoms with E-state index in [9.17, 15) is 14.0 Å². The van der Waals surface area contributed by atoms with Crippen LogP contribution in [0, 0.1) is 12.7 Å². The van der Waals surface area contributed by atoms with Crippen LogP contribution in [0.25, 0.3) is 0 Å². The predicted molar refractivity (Wildman–Crippen MR) is 92.3 cm³/mol. The molecule has 1 N–H and O–H groups in total. The molecule has 1 unspecified atom stereocenters. The van der Waals surface area contributed by atoms with Crippen molar-refractivity contribution in [1.82, 2.24) is 9.80 Å². The van der Waals surface area contributed by atoms with Gasteiger partial charge in [0, 0.05) is 38.3 Å². The lowest BCUT2D eigenvalue weighted by Crippen LogP contribution is -2.44. The molecule has 0 aliphatic carbocycles. The molecule has 1 aromatic carbocycles. The Morgan fingerprint density at radius 1 is 1.25 bits per heavy atom. The maximum atomic E-state index is 13.6. The van der Waals surface area contributed by atoms with Crippen LogP contribution in [0.3, 0.4) is 0 Å². The first-order chi connectivity index (χ1) is 11.4. The van der Waals surface area contributed by atoms with Crippen LogP contribution < -0.4 is 5.32 Å². The van der Waals surface area contributed by atoms with Gasteiger partial charge in [-0.25, -0.2) is 4.39 Å². The zero-order chi connectivity index (χ0) is 17.7. The fourth-order valence-corrected chi connectivity index (χ4v) is 2.88. The van der Waals surface area contributed by atoms with Crippen molar-refractivity contribution in [3.05, 3.63) is 29.6 Å². The second-order valence-corrected chi connectivity index (χ2v) is 6.25. The molecule has 1 atom stereocenters. The molecule has 0 spiro atoms. The van der Waals surface area contributed by atoms with Gasteiger partial charge < -0.3 is 10.2 Å². The van der Waals surface area contributed by atoms with Crippen LogP contribution in [-0.2, 0) is 9.59 Å². The van der Waals surface area contributed by atoms with E-state index in [1.54, 1.807) is 19.1 Å². The quantitative estimate of drug-likeness (QED) is 0.919. The van der Waals surface area contributed by atoms with Crippen LogP contribution in [0.4, 0.5) is 10.1 Å². The van der Waals surface area contributed by atoms with Gasteiger partial charge in [0.25, 0.3) is 0 Å². The largest absolute Gasteiger partial charge is 0.341 e. The lowest BCUT2D eigenvalue weighted by Gasteiger charge is -2.27. The Kier molecular flexibility index (Phi) is 6.31. The molecule has 6 heteroatoms. The average Bonchev–Trinajstić information content (AvgIpc) is 2.82.